The van der Waals surface area contributed by atoms with Gasteiger partial charge < -0.3 is 14.9 Å². The predicted molar refractivity (Wildman–Crippen MR) is 132 cm³/mol. The second-order valence-corrected chi connectivity index (χ2v) is 11.4. The Labute approximate surface area is 233 Å². The molecule has 2 aromatic rings. The van der Waals surface area contributed by atoms with Crippen LogP contribution in [0, 0.1) is 23.7 Å². The molecule has 2 aliphatic heterocycles. The number of carbonyl (C=O) groups excluding carboxylic acids is 2. The molecule has 0 spiro atoms. The van der Waals surface area contributed by atoms with Gasteiger partial charge in [0, 0.05) is 21.9 Å². The summed E-state index contributed by atoms with van der Waals surface area (Å²) in [5, 5.41) is 22.3. The van der Waals surface area contributed by atoms with E-state index in [0.717, 1.165) is 0 Å². The molecule has 0 radical (unpaired) electrons. The van der Waals surface area contributed by atoms with Crippen molar-refractivity contribution >= 4 is 33.4 Å². The number of carbonyl (C=O) groups is 2. The van der Waals surface area contributed by atoms with Crippen molar-refractivity contribution in [1.29, 1.82) is 0 Å². The van der Waals surface area contributed by atoms with Crippen LogP contribution >= 0.6 is 15.9 Å². The molecule has 6 atom stereocenters. The number of ether oxygens (including phenoxy) is 1. The van der Waals surface area contributed by atoms with Gasteiger partial charge in [0.05, 0.1) is 34.8 Å². The second kappa shape index (κ2) is 9.73. The molecule has 5 rings (SSSR count). The zero-order valence-corrected chi connectivity index (χ0v) is 22.5. The first-order valence-electron chi connectivity index (χ1n) is 12.6. The minimum atomic E-state index is -5.17. The topological polar surface area (TPSA) is 87.1 Å². The Hall–Kier alpha value is -2.64. The van der Waals surface area contributed by atoms with Gasteiger partial charge in [-0.25, -0.2) is 0 Å². The first-order chi connectivity index (χ1) is 18.6. The van der Waals surface area contributed by atoms with Gasteiger partial charge in [0.25, 0.3) is 0 Å². The van der Waals surface area contributed by atoms with Gasteiger partial charge in [-0.3, -0.25) is 14.5 Å². The third kappa shape index (κ3) is 4.69. The molecule has 1 aliphatic carbocycles. The number of halogens is 7. The van der Waals surface area contributed by atoms with Crippen LogP contribution in [0.5, 0.6) is 5.75 Å². The molecule has 2 amide bonds. The van der Waals surface area contributed by atoms with Crippen LogP contribution in [0.25, 0.3) is 0 Å². The number of rotatable bonds is 4. The Morgan fingerprint density at radius 1 is 1.00 bits per heavy atom. The highest BCUT2D eigenvalue weighted by Crippen LogP contribution is 2.60. The van der Waals surface area contributed by atoms with Gasteiger partial charge in [-0.2, -0.15) is 26.3 Å². The molecule has 6 nitrogen and oxygen atoms in total. The van der Waals surface area contributed by atoms with Gasteiger partial charge in [-0.05, 0) is 55.7 Å². The van der Waals surface area contributed by atoms with Crippen LogP contribution in [0.15, 0.2) is 40.9 Å². The summed E-state index contributed by atoms with van der Waals surface area (Å²) in [7, 11) is 0. The predicted octanol–water partition coefficient (Wildman–Crippen LogP) is 6.58. The van der Waals surface area contributed by atoms with Crippen molar-refractivity contribution in [3.63, 3.8) is 0 Å². The number of aromatic hydroxyl groups is 1. The summed E-state index contributed by atoms with van der Waals surface area (Å²) in [5.74, 6) is -7.91. The fourth-order valence-electron chi connectivity index (χ4n) is 6.46. The minimum absolute atomic E-state index is 0.00878. The molecular weight excluding hydrogens is 612 g/mol. The molecule has 1 saturated carbocycles. The highest BCUT2D eigenvalue weighted by Gasteiger charge is 2.66. The third-order valence-corrected chi connectivity index (χ3v) is 8.66. The summed E-state index contributed by atoms with van der Waals surface area (Å²) < 4.78 is 87.8. The number of hydrogen-bond acceptors (Lipinski definition) is 5. The van der Waals surface area contributed by atoms with E-state index in [0.29, 0.717) is 39.9 Å². The molecule has 0 aromatic heterocycles. The van der Waals surface area contributed by atoms with Crippen molar-refractivity contribution in [2.24, 2.45) is 23.7 Å². The standard InChI is InChI=1S/C27H24BrF6NO5/c1-2-3-12-9-18-22(19-11-21(40-25(12,19)39)17-10-15(28)4-5-20(17)36)24(38)35(23(18)37)16-7-13(26(29,30)31)6-14(8-16)27(32,33)34/h4-8,10,12,18-19,21-22,36,39H,2-3,9,11H2,1H3/t12-,18-,19-,21-,22-,25+/m0/s1. The van der Waals surface area contributed by atoms with Crippen LogP contribution in [0.4, 0.5) is 32.0 Å². The molecular formula is C27H24BrF6NO5. The lowest BCUT2D eigenvalue weighted by Gasteiger charge is -2.44. The average molecular weight is 636 g/mol. The van der Waals surface area contributed by atoms with Crippen molar-refractivity contribution in [2.45, 2.75) is 56.9 Å². The zero-order chi connectivity index (χ0) is 29.4. The Morgan fingerprint density at radius 2 is 1.62 bits per heavy atom. The van der Waals surface area contributed by atoms with Crippen LogP contribution in [0.2, 0.25) is 0 Å². The van der Waals surface area contributed by atoms with Crippen LogP contribution in [0.3, 0.4) is 0 Å². The van der Waals surface area contributed by atoms with E-state index in [9.17, 15) is 46.1 Å². The Kier molecular flexibility index (Phi) is 7.02. The second-order valence-electron chi connectivity index (χ2n) is 10.5. The number of hydrogen-bond donors (Lipinski definition) is 2. The number of phenolic OH excluding ortho intramolecular Hbond substituents is 1. The van der Waals surface area contributed by atoms with Crippen LogP contribution in [-0.2, 0) is 26.7 Å². The molecule has 3 aliphatic rings. The smallest absolute Gasteiger partial charge is 0.416 e. The third-order valence-electron chi connectivity index (χ3n) is 8.17. The maximum atomic E-state index is 13.7. The van der Waals surface area contributed by atoms with Crippen molar-refractivity contribution in [3.8, 4) is 5.75 Å². The number of alkyl halides is 6. The lowest BCUT2D eigenvalue weighted by Crippen LogP contribution is -2.53. The molecule has 2 N–H and O–H groups in total. The highest BCUT2D eigenvalue weighted by molar-refractivity contribution is 9.10. The van der Waals surface area contributed by atoms with Crippen LogP contribution in [-0.4, -0.2) is 27.8 Å². The van der Waals surface area contributed by atoms with Crippen LogP contribution < -0.4 is 4.90 Å². The van der Waals surface area contributed by atoms with E-state index in [-0.39, 0.29) is 24.7 Å². The summed E-state index contributed by atoms with van der Waals surface area (Å²) in [6.45, 7) is 1.84. The lowest BCUT2D eigenvalue weighted by atomic mass is 9.63. The van der Waals surface area contributed by atoms with Gasteiger partial charge in [0.15, 0.2) is 5.79 Å². The monoisotopic (exact) mass is 635 g/mol. The fraction of sp³-hybridized carbons (Fsp3) is 0.481. The molecule has 216 valence electrons. The van der Waals surface area contributed by atoms with Crippen molar-refractivity contribution in [1.82, 2.24) is 0 Å². The number of nitrogens with zero attached hydrogens (tertiary/aromatic N) is 1. The SMILES string of the molecule is CCC[C@H]1C[C@@H]2C(=O)N(c3cc(C(F)(F)F)cc(C(F)(F)F)c3)C(=O)[C@@H]2[C@@H]2C[C@@H](c3cc(Br)ccc3O)O[C@]12O. The Morgan fingerprint density at radius 3 is 2.20 bits per heavy atom. The van der Waals surface area contributed by atoms with E-state index in [2.05, 4.69) is 15.9 Å². The quantitative estimate of drug-likeness (QED) is 0.293. The maximum Gasteiger partial charge on any atom is 0.416 e. The minimum Gasteiger partial charge on any atom is -0.508 e. The number of benzene rings is 2. The summed E-state index contributed by atoms with van der Waals surface area (Å²) in [6.07, 6.45) is -10.3. The number of anilines is 1. The number of amides is 2. The summed E-state index contributed by atoms with van der Waals surface area (Å²) in [5.41, 5.74) is -3.81. The van der Waals surface area contributed by atoms with E-state index in [1.807, 2.05) is 6.92 Å². The highest BCUT2D eigenvalue weighted by atomic mass is 79.9. The molecule has 2 heterocycles. The number of fused-ring (bicyclic) bond motifs is 3. The van der Waals surface area contributed by atoms with Crippen molar-refractivity contribution < 1.29 is 50.9 Å². The maximum absolute atomic E-state index is 13.7. The molecule has 0 unspecified atom stereocenters. The van der Waals surface area contributed by atoms with Gasteiger partial charge in [-0.15, -0.1) is 0 Å². The summed E-state index contributed by atoms with van der Waals surface area (Å²) in [6, 6.07) is 5.22. The Bertz CT molecular complexity index is 1330. The molecule has 13 heteroatoms. The molecule has 0 bridgehead atoms. The van der Waals surface area contributed by atoms with Crippen LogP contribution in [0.1, 0.15) is 55.4 Å². The average Bonchev–Trinajstić information content (AvgIpc) is 3.33. The van der Waals surface area contributed by atoms with E-state index in [1.165, 1.54) is 6.07 Å². The van der Waals surface area contributed by atoms with E-state index in [4.69, 9.17) is 4.74 Å². The normalized spacial score (nSPS) is 30.5. The summed E-state index contributed by atoms with van der Waals surface area (Å²) in [4.78, 5) is 27.6. The number of phenols is 1. The fourth-order valence-corrected chi connectivity index (χ4v) is 6.84. The molecule has 3 fully saturated rings. The van der Waals surface area contributed by atoms with Gasteiger partial charge >= 0.3 is 12.4 Å². The molecule has 40 heavy (non-hydrogen) atoms. The van der Waals surface area contributed by atoms with E-state index < -0.39 is 76.5 Å². The van der Waals surface area contributed by atoms with Gasteiger partial charge in [0.2, 0.25) is 11.8 Å². The van der Waals surface area contributed by atoms with E-state index >= 15 is 0 Å². The largest absolute Gasteiger partial charge is 0.508 e. The Balaban J connectivity index is 1.58. The zero-order valence-electron chi connectivity index (χ0n) is 20.9. The summed E-state index contributed by atoms with van der Waals surface area (Å²) >= 11 is 3.31. The van der Waals surface area contributed by atoms with E-state index in [1.54, 1.807) is 12.1 Å². The molecule has 2 saturated heterocycles. The number of aliphatic hydroxyl groups is 1. The molecule has 2 aromatic carbocycles. The van der Waals surface area contributed by atoms with Crippen molar-refractivity contribution in [3.05, 3.63) is 57.6 Å². The first-order valence-corrected chi connectivity index (χ1v) is 13.4. The van der Waals surface area contributed by atoms with Crippen molar-refractivity contribution in [2.75, 3.05) is 4.90 Å². The van der Waals surface area contributed by atoms with Gasteiger partial charge in [0.1, 0.15) is 5.75 Å². The lowest BCUT2D eigenvalue weighted by molar-refractivity contribution is -0.270. The van der Waals surface area contributed by atoms with Gasteiger partial charge in [-0.1, -0.05) is 29.3 Å². The number of imide groups is 1. The first kappa shape index (κ1) is 28.9.